The summed E-state index contributed by atoms with van der Waals surface area (Å²) >= 11 is 0. The summed E-state index contributed by atoms with van der Waals surface area (Å²) in [6, 6.07) is 16.8. The van der Waals surface area contributed by atoms with Crippen LogP contribution in [-0.2, 0) is 9.53 Å². The lowest BCUT2D eigenvalue weighted by atomic mass is 10.1. The molecule has 0 bridgehead atoms. The number of carbonyl (C=O) groups is 1. The second-order valence-electron chi connectivity index (χ2n) is 4.76. The van der Waals surface area contributed by atoms with Crippen LogP contribution in [0.15, 0.2) is 60.8 Å². The highest BCUT2D eigenvalue weighted by Crippen LogP contribution is 2.19. The highest BCUT2D eigenvalue weighted by molar-refractivity contribution is 5.94. The molecule has 2 aromatic carbocycles. The molecule has 3 rings (SSSR count). The third-order valence-electron chi connectivity index (χ3n) is 3.28. The monoisotopic (exact) mass is 293 g/mol. The van der Waals surface area contributed by atoms with E-state index in [1.54, 1.807) is 0 Å². The first-order chi connectivity index (χ1) is 10.8. The number of fused-ring (bicyclic) bond motifs is 1. The van der Waals surface area contributed by atoms with Crippen LogP contribution < -0.4 is 5.32 Å². The summed E-state index contributed by atoms with van der Waals surface area (Å²) in [5.41, 5.74) is 2.30. The number of methoxy groups -OCH3 is 1. The van der Waals surface area contributed by atoms with Crippen LogP contribution in [0.25, 0.3) is 11.0 Å². The van der Waals surface area contributed by atoms with Gasteiger partial charge in [-0.05, 0) is 17.7 Å². The first-order valence-electron chi connectivity index (χ1n) is 6.88. The summed E-state index contributed by atoms with van der Waals surface area (Å²) in [5, 5.41) is 2.75. The second kappa shape index (κ2) is 6.32. The number of aromatic nitrogens is 2. The molecule has 0 radical (unpaired) electrons. The van der Waals surface area contributed by atoms with Gasteiger partial charge in [0.25, 0.3) is 5.91 Å². The molecule has 3 aromatic rings. The zero-order chi connectivity index (χ0) is 15.4. The zero-order valence-corrected chi connectivity index (χ0v) is 12.1. The third kappa shape index (κ3) is 2.94. The number of ether oxygens (including phenoxy) is 1. The van der Waals surface area contributed by atoms with Crippen LogP contribution in [0.1, 0.15) is 11.7 Å². The van der Waals surface area contributed by atoms with Gasteiger partial charge in [0.15, 0.2) is 11.9 Å². The van der Waals surface area contributed by atoms with Gasteiger partial charge in [0.2, 0.25) is 0 Å². The predicted molar refractivity (Wildman–Crippen MR) is 84.4 cm³/mol. The Morgan fingerprint density at radius 2 is 1.73 bits per heavy atom. The standard InChI is InChI=1S/C17H15N3O2/c1-22-16(12-7-3-2-4-8-12)17(21)20-15-11-18-13-9-5-6-10-14(13)19-15/h2-11,16H,1H3,(H,19,20,21)/t16-/m1/s1. The van der Waals surface area contributed by atoms with Crippen LogP contribution in [0.3, 0.4) is 0 Å². The predicted octanol–water partition coefficient (Wildman–Crippen LogP) is 2.96. The third-order valence-corrected chi connectivity index (χ3v) is 3.28. The number of nitrogens with one attached hydrogen (secondary N) is 1. The minimum atomic E-state index is -0.686. The molecule has 1 aromatic heterocycles. The number of hydrogen-bond donors (Lipinski definition) is 1. The smallest absolute Gasteiger partial charge is 0.259 e. The summed E-state index contributed by atoms with van der Waals surface area (Å²) in [4.78, 5) is 21.0. The highest BCUT2D eigenvalue weighted by atomic mass is 16.5. The molecule has 0 aliphatic heterocycles. The molecular weight excluding hydrogens is 278 g/mol. The molecule has 0 saturated carbocycles. The number of amides is 1. The maximum absolute atomic E-state index is 12.4. The maximum atomic E-state index is 12.4. The van der Waals surface area contributed by atoms with E-state index in [9.17, 15) is 4.79 Å². The molecule has 1 amide bonds. The first-order valence-corrected chi connectivity index (χ1v) is 6.88. The number of anilines is 1. The van der Waals surface area contributed by atoms with Crippen molar-refractivity contribution in [2.24, 2.45) is 0 Å². The molecule has 0 fully saturated rings. The quantitative estimate of drug-likeness (QED) is 0.803. The number of carbonyl (C=O) groups excluding carboxylic acids is 1. The largest absolute Gasteiger partial charge is 0.367 e. The Morgan fingerprint density at radius 1 is 1.05 bits per heavy atom. The van der Waals surface area contributed by atoms with Gasteiger partial charge in [-0.15, -0.1) is 0 Å². The maximum Gasteiger partial charge on any atom is 0.259 e. The van der Waals surface area contributed by atoms with Gasteiger partial charge < -0.3 is 10.1 Å². The number of benzene rings is 2. The van der Waals surface area contributed by atoms with E-state index in [1.807, 2.05) is 54.6 Å². The van der Waals surface area contributed by atoms with Crippen molar-refractivity contribution < 1.29 is 9.53 Å². The molecule has 5 heteroatoms. The molecule has 0 aliphatic carbocycles. The van der Waals surface area contributed by atoms with Gasteiger partial charge in [0, 0.05) is 7.11 Å². The molecular formula is C17H15N3O2. The topological polar surface area (TPSA) is 64.1 Å². The van der Waals surface area contributed by atoms with E-state index in [2.05, 4.69) is 15.3 Å². The van der Waals surface area contributed by atoms with E-state index in [4.69, 9.17) is 4.74 Å². The zero-order valence-electron chi connectivity index (χ0n) is 12.1. The Kier molecular flexibility index (Phi) is 4.07. The van der Waals surface area contributed by atoms with Crippen molar-refractivity contribution in [1.82, 2.24) is 9.97 Å². The van der Waals surface area contributed by atoms with Crippen LogP contribution in [-0.4, -0.2) is 23.0 Å². The normalized spacial score (nSPS) is 12.0. The lowest BCUT2D eigenvalue weighted by Gasteiger charge is -2.15. The van der Waals surface area contributed by atoms with Gasteiger partial charge in [-0.25, -0.2) is 4.98 Å². The van der Waals surface area contributed by atoms with Crippen molar-refractivity contribution in [1.29, 1.82) is 0 Å². The van der Waals surface area contributed by atoms with Crippen molar-refractivity contribution in [2.75, 3.05) is 12.4 Å². The van der Waals surface area contributed by atoms with E-state index >= 15 is 0 Å². The van der Waals surface area contributed by atoms with Crippen molar-refractivity contribution in [3.05, 3.63) is 66.4 Å². The van der Waals surface area contributed by atoms with Crippen molar-refractivity contribution >= 4 is 22.8 Å². The van der Waals surface area contributed by atoms with Crippen LogP contribution in [0.2, 0.25) is 0 Å². The summed E-state index contributed by atoms with van der Waals surface area (Å²) in [5.74, 6) is 0.125. The summed E-state index contributed by atoms with van der Waals surface area (Å²) < 4.78 is 5.30. The Balaban J connectivity index is 1.82. The molecule has 1 heterocycles. The van der Waals surface area contributed by atoms with E-state index in [0.717, 1.165) is 16.6 Å². The molecule has 1 atom stereocenters. The molecule has 0 spiro atoms. The first kappa shape index (κ1) is 14.2. The fourth-order valence-corrected chi connectivity index (χ4v) is 2.23. The van der Waals surface area contributed by atoms with Crippen LogP contribution in [0.4, 0.5) is 5.82 Å². The second-order valence-corrected chi connectivity index (χ2v) is 4.76. The van der Waals surface area contributed by atoms with Gasteiger partial charge in [-0.2, -0.15) is 0 Å². The molecule has 0 aliphatic rings. The van der Waals surface area contributed by atoms with Crippen molar-refractivity contribution in [2.45, 2.75) is 6.10 Å². The molecule has 1 N–H and O–H groups in total. The summed E-state index contributed by atoms with van der Waals surface area (Å²) in [6.07, 6.45) is 0.854. The number of hydrogen-bond acceptors (Lipinski definition) is 4. The summed E-state index contributed by atoms with van der Waals surface area (Å²) in [7, 11) is 1.50. The molecule has 0 unspecified atom stereocenters. The summed E-state index contributed by atoms with van der Waals surface area (Å²) in [6.45, 7) is 0. The lowest BCUT2D eigenvalue weighted by Crippen LogP contribution is -2.23. The Labute approximate surface area is 128 Å². The van der Waals surface area contributed by atoms with E-state index < -0.39 is 6.10 Å². The average Bonchev–Trinajstić information content (AvgIpc) is 2.56. The fraction of sp³-hybridized carbons (Fsp3) is 0.118. The van der Waals surface area contributed by atoms with Gasteiger partial charge in [0.05, 0.1) is 17.2 Å². The number of rotatable bonds is 4. The van der Waals surface area contributed by atoms with Crippen molar-refractivity contribution in [3.8, 4) is 0 Å². The van der Waals surface area contributed by atoms with Gasteiger partial charge in [-0.3, -0.25) is 9.78 Å². The molecule has 110 valence electrons. The lowest BCUT2D eigenvalue weighted by molar-refractivity contribution is -0.126. The van der Waals surface area contributed by atoms with E-state index in [-0.39, 0.29) is 5.91 Å². The molecule has 5 nitrogen and oxygen atoms in total. The van der Waals surface area contributed by atoms with E-state index in [1.165, 1.54) is 13.3 Å². The van der Waals surface area contributed by atoms with Crippen LogP contribution >= 0.6 is 0 Å². The average molecular weight is 293 g/mol. The minimum absolute atomic E-state index is 0.279. The van der Waals surface area contributed by atoms with Gasteiger partial charge in [-0.1, -0.05) is 42.5 Å². The molecule has 22 heavy (non-hydrogen) atoms. The van der Waals surface area contributed by atoms with Crippen LogP contribution in [0.5, 0.6) is 0 Å². The Bertz CT molecular complexity index is 790. The number of para-hydroxylation sites is 2. The van der Waals surface area contributed by atoms with Gasteiger partial charge in [0.1, 0.15) is 0 Å². The van der Waals surface area contributed by atoms with Crippen LogP contribution in [0, 0.1) is 0 Å². The minimum Gasteiger partial charge on any atom is -0.367 e. The number of nitrogens with zero attached hydrogens (tertiary/aromatic N) is 2. The fourth-order valence-electron chi connectivity index (χ4n) is 2.23. The van der Waals surface area contributed by atoms with E-state index in [0.29, 0.717) is 5.82 Å². The van der Waals surface area contributed by atoms with Crippen molar-refractivity contribution in [3.63, 3.8) is 0 Å². The Hall–Kier alpha value is -2.79. The highest BCUT2D eigenvalue weighted by Gasteiger charge is 2.20. The SMILES string of the molecule is CO[C@@H](C(=O)Nc1cnc2ccccc2n1)c1ccccc1. The molecule has 0 saturated heterocycles. The Morgan fingerprint density at radius 3 is 2.45 bits per heavy atom. The van der Waals surface area contributed by atoms with Gasteiger partial charge >= 0.3 is 0 Å².